The zero-order valence-electron chi connectivity index (χ0n) is 34.9. The van der Waals surface area contributed by atoms with E-state index in [-0.39, 0.29) is 41.5 Å². The molecule has 5 aromatic rings. The van der Waals surface area contributed by atoms with E-state index >= 15 is 0 Å². The van der Waals surface area contributed by atoms with Gasteiger partial charge in [0.1, 0.15) is 40.7 Å². The monoisotopic (exact) mass is 836 g/mol. The highest BCUT2D eigenvalue weighted by Crippen LogP contribution is 2.47. The van der Waals surface area contributed by atoms with Gasteiger partial charge in [0.2, 0.25) is 17.8 Å². The minimum atomic E-state index is -0.695. The van der Waals surface area contributed by atoms with E-state index in [4.69, 9.17) is 35.8 Å². The Kier molecular flexibility index (Phi) is 11.6. The lowest BCUT2D eigenvalue weighted by atomic mass is 10.0. The van der Waals surface area contributed by atoms with Crippen molar-refractivity contribution < 1.29 is 33.4 Å². The average molecular weight is 837 g/mol. The maximum Gasteiger partial charge on any atom is 0.276 e. The van der Waals surface area contributed by atoms with Gasteiger partial charge >= 0.3 is 0 Å². The largest absolute Gasteiger partial charge is 0.491 e. The zero-order valence-corrected chi connectivity index (χ0v) is 34.9. The van der Waals surface area contributed by atoms with Crippen LogP contribution < -0.4 is 41.8 Å². The fourth-order valence-electron chi connectivity index (χ4n) is 8.63. The molecular formula is C42H52N12O7. The van der Waals surface area contributed by atoms with Crippen LogP contribution in [0, 0.1) is 13.8 Å². The van der Waals surface area contributed by atoms with E-state index in [1.54, 1.807) is 46.8 Å². The van der Waals surface area contributed by atoms with E-state index < -0.39 is 18.1 Å². The molecule has 0 aliphatic carbocycles. The number of nitrogens with two attached hydrogens (primary N) is 2. The number of nitrogens with one attached hydrogen (secondary N) is 3. The molecule has 7 N–H and O–H groups in total. The number of ether oxygens (including phenoxy) is 3. The van der Waals surface area contributed by atoms with E-state index in [0.717, 1.165) is 36.2 Å². The third-order valence-corrected chi connectivity index (χ3v) is 11.5. The first-order valence-corrected chi connectivity index (χ1v) is 20.8. The number of anilines is 3. The summed E-state index contributed by atoms with van der Waals surface area (Å²) in [6.07, 6.45) is 3.95. The molecule has 0 saturated carbocycles. The molecule has 0 bridgehead atoms. The van der Waals surface area contributed by atoms with Gasteiger partial charge < -0.3 is 45.8 Å². The third-order valence-electron chi connectivity index (χ3n) is 11.5. The molecule has 19 heteroatoms. The number of carbonyl (C=O) groups excluding carboxylic acids is 4. The number of primary amides is 2. The van der Waals surface area contributed by atoms with E-state index in [9.17, 15) is 19.2 Å². The van der Waals surface area contributed by atoms with Crippen LogP contribution >= 0.6 is 0 Å². The summed E-state index contributed by atoms with van der Waals surface area (Å²) in [7, 11) is 1.61. The summed E-state index contributed by atoms with van der Waals surface area (Å²) in [5.74, 6) is -0.771. The molecule has 0 saturated heterocycles. The molecule has 322 valence electrons. The standard InChI is InChI=1S/C42H52N12O7/c1-5-52-34-28(24(3)50-52)12-7-6-8-14-53-31(17-23(2)49-53)39(57)47-42-46-30-19-26(38(44)56)21-33-36(30)54(42)27(22-61-33)11-9-13-51-35-29(45-41(51)48-40(34)58)18-25(37(43)55)20-32(35)60-16-10-15-59-4/h17-21,27,42,46H,5-16,22H2,1-4H3,(H2,43,55)(H2,44,56)(H,47,57)(H,45,48,58)/t27-,42?/m0/s1. The fraction of sp³-hybridized carbons (Fsp3) is 0.452. The number of benzene rings is 2. The second-order valence-electron chi connectivity index (χ2n) is 15.6. The summed E-state index contributed by atoms with van der Waals surface area (Å²) in [6.45, 7) is 8.10. The van der Waals surface area contributed by atoms with Crippen molar-refractivity contribution in [3.8, 4) is 11.5 Å². The van der Waals surface area contributed by atoms with E-state index in [0.29, 0.717) is 104 Å². The van der Waals surface area contributed by atoms with Crippen LogP contribution in [0.4, 0.5) is 17.3 Å². The van der Waals surface area contributed by atoms with Crippen molar-refractivity contribution in [3.05, 3.63) is 69.8 Å². The number of methoxy groups -OCH3 is 1. The number of nitrogens with zero attached hydrogens (tertiary/aromatic N) is 7. The van der Waals surface area contributed by atoms with Gasteiger partial charge in [-0.25, -0.2) is 4.98 Å². The molecule has 3 aliphatic heterocycles. The van der Waals surface area contributed by atoms with Gasteiger partial charge in [0.25, 0.3) is 11.8 Å². The molecule has 2 atom stereocenters. The number of carbonyl (C=O) groups is 4. The molecule has 2 aromatic carbocycles. The van der Waals surface area contributed by atoms with Gasteiger partial charge in [-0.1, -0.05) is 6.42 Å². The first-order chi connectivity index (χ1) is 29.4. The molecule has 6 heterocycles. The summed E-state index contributed by atoms with van der Waals surface area (Å²) < 4.78 is 23.2. The van der Waals surface area contributed by atoms with Gasteiger partial charge in [-0.2, -0.15) is 10.2 Å². The number of hydrogen-bond donors (Lipinski definition) is 5. The van der Waals surface area contributed by atoms with Gasteiger partial charge in [-0.3, -0.25) is 33.9 Å². The Balaban J connectivity index is 1.21. The van der Waals surface area contributed by atoms with E-state index in [1.165, 1.54) is 0 Å². The van der Waals surface area contributed by atoms with Gasteiger partial charge in [0.05, 0.1) is 35.2 Å². The van der Waals surface area contributed by atoms with Crippen LogP contribution in [0.15, 0.2) is 30.3 Å². The topological polar surface area (TPSA) is 241 Å². The highest BCUT2D eigenvalue weighted by atomic mass is 16.5. The van der Waals surface area contributed by atoms with Crippen molar-refractivity contribution in [1.29, 1.82) is 0 Å². The number of fused-ring (bicyclic) bond motifs is 5. The normalized spacial score (nSPS) is 18.1. The first kappa shape index (κ1) is 41.1. The Morgan fingerprint density at radius 3 is 2.51 bits per heavy atom. The smallest absolute Gasteiger partial charge is 0.276 e. The molecule has 1 unspecified atom stereocenters. The lowest BCUT2D eigenvalue weighted by Crippen LogP contribution is -2.56. The van der Waals surface area contributed by atoms with Gasteiger partial charge in [-0.05, 0) is 83.2 Å². The van der Waals surface area contributed by atoms with Crippen LogP contribution in [0.2, 0.25) is 0 Å². The van der Waals surface area contributed by atoms with Crippen LogP contribution in [0.3, 0.4) is 0 Å². The summed E-state index contributed by atoms with van der Waals surface area (Å²) in [6, 6.07) is 8.03. The molecule has 3 aromatic heterocycles. The highest BCUT2D eigenvalue weighted by Gasteiger charge is 2.41. The molecule has 3 aliphatic rings. The van der Waals surface area contributed by atoms with Crippen LogP contribution in [0.5, 0.6) is 11.5 Å². The minimum Gasteiger partial charge on any atom is -0.491 e. The summed E-state index contributed by atoms with van der Waals surface area (Å²) in [5.41, 5.74) is 17.5. The number of aromatic nitrogens is 6. The van der Waals surface area contributed by atoms with Gasteiger partial charge in [0, 0.05) is 56.5 Å². The van der Waals surface area contributed by atoms with Crippen LogP contribution in [-0.2, 0) is 30.8 Å². The number of aryl methyl sites for hydroxylation is 5. The van der Waals surface area contributed by atoms with Crippen molar-refractivity contribution in [2.45, 2.75) is 97.7 Å². The van der Waals surface area contributed by atoms with E-state index in [1.807, 2.05) is 25.3 Å². The Bertz CT molecular complexity index is 2520. The molecular weight excluding hydrogens is 785 g/mol. The molecule has 0 spiro atoms. The third kappa shape index (κ3) is 8.04. The Hall–Kier alpha value is -6.63. The number of hydrogen-bond acceptors (Lipinski definition) is 12. The van der Waals surface area contributed by atoms with Crippen molar-refractivity contribution in [2.75, 3.05) is 42.5 Å². The SMILES string of the molecule is CCn1nc(C)c2c1C(=O)Nc1nc3cc(C(N)=O)cc(OCCCOC)c3n1CCC[C@H]1COc3cc(C(N)=O)cc4c3N1C(NC(=O)c1cc(C)nn1CCCCC2)N4. The van der Waals surface area contributed by atoms with Crippen molar-refractivity contribution in [3.63, 3.8) is 0 Å². The first-order valence-electron chi connectivity index (χ1n) is 20.8. The molecule has 0 fully saturated rings. The predicted molar refractivity (Wildman–Crippen MR) is 226 cm³/mol. The summed E-state index contributed by atoms with van der Waals surface area (Å²) >= 11 is 0. The zero-order chi connectivity index (χ0) is 42.9. The predicted octanol–water partition coefficient (Wildman–Crippen LogP) is 3.84. The Labute approximate surface area is 352 Å². The van der Waals surface area contributed by atoms with Crippen molar-refractivity contribution in [1.82, 2.24) is 34.4 Å². The minimum absolute atomic E-state index is 0.216. The van der Waals surface area contributed by atoms with Crippen molar-refractivity contribution >= 4 is 52.0 Å². The highest BCUT2D eigenvalue weighted by molar-refractivity contribution is 6.05. The Morgan fingerprint density at radius 1 is 0.934 bits per heavy atom. The van der Waals surface area contributed by atoms with Crippen LogP contribution in [0.1, 0.15) is 104 Å². The van der Waals surface area contributed by atoms with E-state index in [2.05, 4.69) is 25.9 Å². The number of imidazole rings is 1. The number of rotatable bonds is 8. The summed E-state index contributed by atoms with van der Waals surface area (Å²) in [4.78, 5) is 60.4. The van der Waals surface area contributed by atoms with Gasteiger partial charge in [-0.15, -0.1) is 0 Å². The second-order valence-corrected chi connectivity index (χ2v) is 15.6. The maximum absolute atomic E-state index is 14.5. The second kappa shape index (κ2) is 17.2. The molecule has 61 heavy (non-hydrogen) atoms. The lowest BCUT2D eigenvalue weighted by molar-refractivity contribution is 0.0923. The lowest BCUT2D eigenvalue weighted by Gasteiger charge is -2.39. The van der Waals surface area contributed by atoms with Crippen LogP contribution in [0.25, 0.3) is 11.0 Å². The molecule has 0 radical (unpaired) electrons. The maximum atomic E-state index is 14.5. The summed E-state index contributed by atoms with van der Waals surface area (Å²) in [5, 5.41) is 19.1. The van der Waals surface area contributed by atoms with Gasteiger partial charge in [0.15, 0.2) is 6.29 Å². The fourth-order valence-corrected chi connectivity index (χ4v) is 8.63. The number of amides is 4. The van der Waals surface area contributed by atoms with Crippen molar-refractivity contribution in [2.24, 2.45) is 11.5 Å². The average Bonchev–Trinajstić information content (AvgIpc) is 3.98. The molecule has 8 rings (SSSR count). The molecule has 4 amide bonds. The Morgan fingerprint density at radius 2 is 1.74 bits per heavy atom. The molecule has 19 nitrogen and oxygen atoms in total. The van der Waals surface area contributed by atoms with Crippen LogP contribution in [-0.4, -0.2) is 92.0 Å². The quantitative estimate of drug-likeness (QED) is 0.140.